The second-order valence-corrected chi connectivity index (χ2v) is 8.67. The molecular weight excluding hydrogens is 354 g/mol. The summed E-state index contributed by atoms with van der Waals surface area (Å²) in [6.45, 7) is 4.47. The SMILES string of the molecule is CCC(=O)Nc1ccc(C(C)NC(=O)C2CCN(S(C)(=O)=O)CC2)cc1. The lowest BCUT2D eigenvalue weighted by Gasteiger charge is -2.30. The van der Waals surface area contributed by atoms with Gasteiger partial charge in [0.15, 0.2) is 0 Å². The van der Waals surface area contributed by atoms with Gasteiger partial charge in [0.2, 0.25) is 21.8 Å². The van der Waals surface area contributed by atoms with E-state index in [0.29, 0.717) is 32.4 Å². The molecule has 144 valence electrons. The Labute approximate surface area is 155 Å². The molecule has 1 aromatic rings. The van der Waals surface area contributed by atoms with Crippen LogP contribution in [-0.4, -0.2) is 43.9 Å². The van der Waals surface area contributed by atoms with E-state index in [-0.39, 0.29) is 23.8 Å². The van der Waals surface area contributed by atoms with E-state index in [1.54, 1.807) is 6.92 Å². The number of carbonyl (C=O) groups is 2. The molecule has 0 spiro atoms. The summed E-state index contributed by atoms with van der Waals surface area (Å²) in [6, 6.07) is 7.23. The van der Waals surface area contributed by atoms with Crippen molar-refractivity contribution in [2.45, 2.75) is 39.2 Å². The lowest BCUT2D eigenvalue weighted by molar-refractivity contribution is -0.126. The lowest BCUT2D eigenvalue weighted by atomic mass is 9.96. The van der Waals surface area contributed by atoms with Crippen LogP contribution in [0.1, 0.15) is 44.7 Å². The number of hydrogen-bond donors (Lipinski definition) is 2. The summed E-state index contributed by atoms with van der Waals surface area (Å²) in [5.41, 5.74) is 1.67. The highest BCUT2D eigenvalue weighted by molar-refractivity contribution is 7.88. The van der Waals surface area contributed by atoms with Crippen LogP contribution < -0.4 is 10.6 Å². The van der Waals surface area contributed by atoms with E-state index in [2.05, 4.69) is 10.6 Å². The molecule has 0 bridgehead atoms. The zero-order valence-corrected chi connectivity index (χ0v) is 16.3. The lowest BCUT2D eigenvalue weighted by Crippen LogP contribution is -2.43. The molecule has 0 aliphatic carbocycles. The second-order valence-electron chi connectivity index (χ2n) is 6.69. The Balaban J connectivity index is 1.88. The molecule has 0 radical (unpaired) electrons. The van der Waals surface area contributed by atoms with Gasteiger partial charge >= 0.3 is 0 Å². The van der Waals surface area contributed by atoms with Gasteiger partial charge in [-0.15, -0.1) is 0 Å². The Morgan fingerprint density at radius 3 is 2.27 bits per heavy atom. The molecule has 2 amide bonds. The first kappa shape index (κ1) is 20.4. The third-order valence-corrected chi connectivity index (χ3v) is 5.97. The van der Waals surface area contributed by atoms with Gasteiger partial charge in [0.1, 0.15) is 0 Å². The standard InChI is InChI=1S/C18H27N3O4S/c1-4-17(22)20-16-7-5-14(6-8-16)13(2)19-18(23)15-9-11-21(12-10-15)26(3,24)25/h5-8,13,15H,4,9-12H2,1-3H3,(H,19,23)(H,20,22). The number of piperidine rings is 1. The molecule has 26 heavy (non-hydrogen) atoms. The van der Waals surface area contributed by atoms with Crippen LogP contribution in [0.25, 0.3) is 0 Å². The maximum Gasteiger partial charge on any atom is 0.224 e. The van der Waals surface area contributed by atoms with Crippen LogP contribution in [-0.2, 0) is 19.6 Å². The summed E-state index contributed by atoms with van der Waals surface area (Å²) in [5, 5.41) is 5.78. The van der Waals surface area contributed by atoms with E-state index in [4.69, 9.17) is 0 Å². The molecule has 2 rings (SSSR count). The second kappa shape index (κ2) is 8.64. The Kier molecular flexibility index (Phi) is 6.77. The number of nitrogens with zero attached hydrogens (tertiary/aromatic N) is 1. The van der Waals surface area contributed by atoms with Crippen LogP contribution in [0, 0.1) is 5.92 Å². The van der Waals surface area contributed by atoms with Crippen LogP contribution >= 0.6 is 0 Å². The number of benzene rings is 1. The molecule has 1 unspecified atom stereocenters. The molecular formula is C18H27N3O4S. The van der Waals surface area contributed by atoms with E-state index in [9.17, 15) is 18.0 Å². The maximum absolute atomic E-state index is 12.5. The molecule has 1 aliphatic rings. The Morgan fingerprint density at radius 1 is 1.19 bits per heavy atom. The summed E-state index contributed by atoms with van der Waals surface area (Å²) < 4.78 is 24.5. The summed E-state index contributed by atoms with van der Waals surface area (Å²) in [4.78, 5) is 23.8. The van der Waals surface area contributed by atoms with Crippen LogP contribution in [0.3, 0.4) is 0 Å². The average Bonchev–Trinajstić information content (AvgIpc) is 2.61. The summed E-state index contributed by atoms with van der Waals surface area (Å²) in [6.07, 6.45) is 2.69. The summed E-state index contributed by atoms with van der Waals surface area (Å²) in [5.74, 6) is -0.257. The topological polar surface area (TPSA) is 95.6 Å². The third kappa shape index (κ3) is 5.54. The molecule has 1 heterocycles. The minimum Gasteiger partial charge on any atom is -0.349 e. The third-order valence-electron chi connectivity index (χ3n) is 4.67. The van der Waals surface area contributed by atoms with Crippen LogP contribution in [0.15, 0.2) is 24.3 Å². The van der Waals surface area contributed by atoms with E-state index in [1.807, 2.05) is 31.2 Å². The van der Waals surface area contributed by atoms with Crippen molar-refractivity contribution in [1.82, 2.24) is 9.62 Å². The molecule has 0 aromatic heterocycles. The molecule has 1 atom stereocenters. The van der Waals surface area contributed by atoms with Crippen LogP contribution in [0.2, 0.25) is 0 Å². The first-order chi connectivity index (χ1) is 12.2. The Hall–Kier alpha value is -1.93. The number of rotatable bonds is 6. The molecule has 8 heteroatoms. The van der Waals surface area contributed by atoms with E-state index in [0.717, 1.165) is 11.3 Å². The monoisotopic (exact) mass is 381 g/mol. The molecule has 1 saturated heterocycles. The molecule has 1 aliphatic heterocycles. The Morgan fingerprint density at radius 2 is 1.77 bits per heavy atom. The number of carbonyl (C=O) groups excluding carboxylic acids is 2. The average molecular weight is 381 g/mol. The van der Waals surface area contributed by atoms with E-state index < -0.39 is 10.0 Å². The first-order valence-corrected chi connectivity index (χ1v) is 10.7. The number of amides is 2. The van der Waals surface area contributed by atoms with E-state index >= 15 is 0 Å². The molecule has 2 N–H and O–H groups in total. The van der Waals surface area contributed by atoms with Crippen molar-refractivity contribution < 1.29 is 18.0 Å². The fraction of sp³-hybridized carbons (Fsp3) is 0.556. The van der Waals surface area contributed by atoms with Gasteiger partial charge < -0.3 is 10.6 Å². The molecule has 7 nitrogen and oxygen atoms in total. The van der Waals surface area contributed by atoms with Crippen molar-refractivity contribution in [3.05, 3.63) is 29.8 Å². The first-order valence-electron chi connectivity index (χ1n) is 8.86. The molecule has 0 saturated carbocycles. The van der Waals surface area contributed by atoms with Gasteiger partial charge in [-0.3, -0.25) is 9.59 Å². The largest absolute Gasteiger partial charge is 0.349 e. The highest BCUT2D eigenvalue weighted by Gasteiger charge is 2.29. The fourth-order valence-corrected chi connectivity index (χ4v) is 3.84. The molecule has 1 fully saturated rings. The van der Waals surface area contributed by atoms with E-state index in [1.165, 1.54) is 10.6 Å². The van der Waals surface area contributed by atoms with Crippen molar-refractivity contribution in [2.75, 3.05) is 24.7 Å². The number of sulfonamides is 1. The van der Waals surface area contributed by atoms with Gasteiger partial charge in [-0.1, -0.05) is 19.1 Å². The summed E-state index contributed by atoms with van der Waals surface area (Å²) in [7, 11) is -3.18. The van der Waals surface area contributed by atoms with Crippen molar-refractivity contribution in [3.8, 4) is 0 Å². The van der Waals surface area contributed by atoms with Gasteiger partial charge in [-0.25, -0.2) is 12.7 Å². The van der Waals surface area contributed by atoms with Gasteiger partial charge in [-0.05, 0) is 37.5 Å². The predicted octanol–water partition coefficient (Wildman–Crippen LogP) is 1.88. The Bertz CT molecular complexity index is 738. The van der Waals surface area contributed by atoms with Crippen LogP contribution in [0.4, 0.5) is 5.69 Å². The quantitative estimate of drug-likeness (QED) is 0.786. The van der Waals surface area contributed by atoms with Gasteiger partial charge in [0.05, 0.1) is 12.3 Å². The minimum atomic E-state index is -3.18. The minimum absolute atomic E-state index is 0.0421. The van der Waals surface area contributed by atoms with Gasteiger partial charge in [0, 0.05) is 31.1 Å². The summed E-state index contributed by atoms with van der Waals surface area (Å²) >= 11 is 0. The smallest absolute Gasteiger partial charge is 0.224 e. The highest BCUT2D eigenvalue weighted by atomic mass is 32.2. The van der Waals surface area contributed by atoms with Crippen molar-refractivity contribution in [3.63, 3.8) is 0 Å². The number of anilines is 1. The number of hydrogen-bond acceptors (Lipinski definition) is 4. The van der Waals surface area contributed by atoms with Crippen LogP contribution in [0.5, 0.6) is 0 Å². The highest BCUT2D eigenvalue weighted by Crippen LogP contribution is 2.22. The zero-order chi connectivity index (χ0) is 19.3. The maximum atomic E-state index is 12.5. The number of nitrogens with one attached hydrogen (secondary N) is 2. The molecule has 1 aromatic carbocycles. The van der Waals surface area contributed by atoms with Crippen molar-refractivity contribution in [2.24, 2.45) is 5.92 Å². The van der Waals surface area contributed by atoms with Gasteiger partial charge in [-0.2, -0.15) is 0 Å². The van der Waals surface area contributed by atoms with Crippen molar-refractivity contribution in [1.29, 1.82) is 0 Å². The van der Waals surface area contributed by atoms with Gasteiger partial charge in [0.25, 0.3) is 0 Å². The predicted molar refractivity (Wildman–Crippen MR) is 101 cm³/mol. The zero-order valence-electron chi connectivity index (χ0n) is 15.5. The fourth-order valence-electron chi connectivity index (χ4n) is 2.97. The van der Waals surface area contributed by atoms with Crippen molar-refractivity contribution >= 4 is 27.5 Å². The normalized spacial score (nSPS) is 17.5.